The van der Waals surface area contributed by atoms with Crippen molar-refractivity contribution in [2.24, 2.45) is 0 Å². The Balaban J connectivity index is 2.35. The molecule has 0 spiro atoms. The number of hydrogen-bond acceptors (Lipinski definition) is 5. The molecule has 112 valence electrons. The van der Waals surface area contributed by atoms with Gasteiger partial charge in [0.05, 0.1) is 26.0 Å². The molecule has 0 aliphatic rings. The fourth-order valence-electron chi connectivity index (χ4n) is 1.81. The predicted octanol–water partition coefficient (Wildman–Crippen LogP) is 1.54. The lowest BCUT2D eigenvalue weighted by molar-refractivity contribution is 0.0588. The van der Waals surface area contributed by atoms with Crippen molar-refractivity contribution in [2.45, 2.75) is 13.2 Å². The molecule has 0 aliphatic carbocycles. The zero-order valence-electron chi connectivity index (χ0n) is 11.5. The summed E-state index contributed by atoms with van der Waals surface area (Å²) in [5.74, 6) is -2.02. The Morgan fingerprint density at radius 2 is 2.10 bits per heavy atom. The van der Waals surface area contributed by atoms with E-state index in [9.17, 15) is 13.6 Å². The number of nitrogens with zero attached hydrogens (tertiary/aromatic N) is 3. The minimum Gasteiger partial charge on any atom is -0.464 e. The van der Waals surface area contributed by atoms with Crippen LogP contribution in [0.3, 0.4) is 0 Å². The van der Waals surface area contributed by atoms with Gasteiger partial charge in [-0.05, 0) is 6.07 Å². The maximum absolute atomic E-state index is 13.7. The largest absolute Gasteiger partial charge is 0.464 e. The molecule has 0 radical (unpaired) electrons. The van der Waals surface area contributed by atoms with Crippen LogP contribution in [0.15, 0.2) is 18.2 Å². The van der Waals surface area contributed by atoms with Crippen LogP contribution in [-0.4, -0.2) is 35.2 Å². The van der Waals surface area contributed by atoms with Crippen LogP contribution >= 0.6 is 0 Å². The van der Waals surface area contributed by atoms with Gasteiger partial charge in [0.2, 0.25) is 0 Å². The lowest BCUT2D eigenvalue weighted by atomic mass is 10.2. The summed E-state index contributed by atoms with van der Waals surface area (Å²) < 4.78 is 37.4. The Labute approximate surface area is 119 Å². The van der Waals surface area contributed by atoms with E-state index >= 15 is 0 Å². The Hall–Kier alpha value is -2.35. The number of esters is 1. The highest BCUT2D eigenvalue weighted by Crippen LogP contribution is 2.14. The van der Waals surface area contributed by atoms with Gasteiger partial charge >= 0.3 is 5.97 Å². The number of methoxy groups -OCH3 is 2. The van der Waals surface area contributed by atoms with E-state index in [0.717, 1.165) is 12.1 Å². The molecule has 0 saturated carbocycles. The van der Waals surface area contributed by atoms with Crippen molar-refractivity contribution >= 4 is 5.97 Å². The number of benzene rings is 1. The quantitative estimate of drug-likeness (QED) is 0.783. The summed E-state index contributed by atoms with van der Waals surface area (Å²) in [6.45, 7) is 0.0506. The highest BCUT2D eigenvalue weighted by molar-refractivity contribution is 5.88. The first-order valence-electron chi connectivity index (χ1n) is 6.00. The molecule has 6 nitrogen and oxygen atoms in total. The second-order valence-corrected chi connectivity index (χ2v) is 4.20. The second-order valence-electron chi connectivity index (χ2n) is 4.20. The fourth-order valence-corrected chi connectivity index (χ4v) is 1.81. The summed E-state index contributed by atoms with van der Waals surface area (Å²) in [5.41, 5.74) is 0.574. The lowest BCUT2D eigenvalue weighted by Gasteiger charge is -2.08. The molecule has 0 atom stereocenters. The van der Waals surface area contributed by atoms with Crippen molar-refractivity contribution < 1.29 is 23.0 Å². The average Bonchev–Trinajstić information content (AvgIpc) is 2.84. The van der Waals surface area contributed by atoms with E-state index < -0.39 is 17.6 Å². The summed E-state index contributed by atoms with van der Waals surface area (Å²) in [6.07, 6.45) is 0. The molecule has 8 heteroatoms. The van der Waals surface area contributed by atoms with Gasteiger partial charge in [-0.3, -0.25) is 0 Å². The monoisotopic (exact) mass is 297 g/mol. The van der Waals surface area contributed by atoms with Gasteiger partial charge in [0.1, 0.15) is 11.6 Å². The first kappa shape index (κ1) is 15.0. The summed E-state index contributed by atoms with van der Waals surface area (Å²) in [6, 6.07) is 3.23. The maximum Gasteiger partial charge on any atom is 0.360 e. The minimum atomic E-state index is -0.700. The van der Waals surface area contributed by atoms with Crippen molar-refractivity contribution in [3.8, 4) is 0 Å². The molecular formula is C13H13F2N3O3. The van der Waals surface area contributed by atoms with E-state index in [1.165, 1.54) is 25.0 Å². The van der Waals surface area contributed by atoms with Crippen LogP contribution in [0.1, 0.15) is 21.7 Å². The molecule has 0 saturated heterocycles. The average molecular weight is 297 g/mol. The van der Waals surface area contributed by atoms with Crippen molar-refractivity contribution in [3.05, 3.63) is 46.8 Å². The van der Waals surface area contributed by atoms with Crippen LogP contribution in [0.2, 0.25) is 0 Å². The third-order valence-electron chi connectivity index (χ3n) is 2.83. The molecule has 0 unspecified atom stereocenters. The molecule has 0 bridgehead atoms. The molecule has 0 N–H and O–H groups in total. The van der Waals surface area contributed by atoms with Crippen molar-refractivity contribution in [1.29, 1.82) is 0 Å². The van der Waals surface area contributed by atoms with Gasteiger partial charge in [-0.15, -0.1) is 5.10 Å². The lowest BCUT2D eigenvalue weighted by Crippen LogP contribution is -2.12. The Bertz CT molecular complexity index is 658. The summed E-state index contributed by atoms with van der Waals surface area (Å²) >= 11 is 0. The molecule has 0 amide bonds. The highest BCUT2D eigenvalue weighted by atomic mass is 19.1. The smallest absolute Gasteiger partial charge is 0.360 e. The van der Waals surface area contributed by atoms with Crippen LogP contribution in [0.5, 0.6) is 0 Å². The number of rotatable bonds is 5. The van der Waals surface area contributed by atoms with Gasteiger partial charge < -0.3 is 9.47 Å². The van der Waals surface area contributed by atoms with Crippen LogP contribution < -0.4 is 0 Å². The SMILES string of the molecule is COCc1c(C(=O)OC)nnn1Cc1ccc(F)cc1F. The van der Waals surface area contributed by atoms with Crippen LogP contribution in [0.4, 0.5) is 8.78 Å². The van der Waals surface area contributed by atoms with E-state index in [4.69, 9.17) is 4.74 Å². The second kappa shape index (κ2) is 6.40. The van der Waals surface area contributed by atoms with Gasteiger partial charge in [-0.1, -0.05) is 11.3 Å². The standard InChI is InChI=1S/C13H13F2N3O3/c1-20-7-11-12(13(19)21-2)16-17-18(11)6-8-3-4-9(14)5-10(8)15/h3-5H,6-7H2,1-2H3. The van der Waals surface area contributed by atoms with Crippen LogP contribution in [0.25, 0.3) is 0 Å². The molecular weight excluding hydrogens is 284 g/mol. The first-order chi connectivity index (χ1) is 10.1. The number of ether oxygens (including phenoxy) is 2. The van der Waals surface area contributed by atoms with Crippen LogP contribution in [-0.2, 0) is 22.6 Å². The summed E-state index contributed by atoms with van der Waals surface area (Å²) in [7, 11) is 2.66. The van der Waals surface area contributed by atoms with E-state index in [1.807, 2.05) is 0 Å². The third-order valence-corrected chi connectivity index (χ3v) is 2.83. The number of carbonyl (C=O) groups excluding carboxylic acids is 1. The predicted molar refractivity (Wildman–Crippen MR) is 67.5 cm³/mol. The van der Waals surface area contributed by atoms with Crippen molar-refractivity contribution in [3.63, 3.8) is 0 Å². The molecule has 1 aromatic carbocycles. The van der Waals surface area contributed by atoms with Crippen molar-refractivity contribution in [2.75, 3.05) is 14.2 Å². The van der Waals surface area contributed by atoms with Gasteiger partial charge in [0.25, 0.3) is 0 Å². The van der Waals surface area contributed by atoms with E-state index in [-0.39, 0.29) is 24.4 Å². The molecule has 2 rings (SSSR count). The summed E-state index contributed by atoms with van der Waals surface area (Å²) in [5, 5.41) is 7.50. The maximum atomic E-state index is 13.7. The van der Waals surface area contributed by atoms with Gasteiger partial charge in [-0.25, -0.2) is 18.3 Å². The highest BCUT2D eigenvalue weighted by Gasteiger charge is 2.20. The number of hydrogen-bond donors (Lipinski definition) is 0. The van der Waals surface area contributed by atoms with Gasteiger partial charge in [-0.2, -0.15) is 0 Å². The Morgan fingerprint density at radius 3 is 2.71 bits per heavy atom. The van der Waals surface area contributed by atoms with Crippen LogP contribution in [0, 0.1) is 11.6 Å². The molecule has 1 heterocycles. The summed E-state index contributed by atoms with van der Waals surface area (Å²) in [4.78, 5) is 11.6. The fraction of sp³-hybridized carbons (Fsp3) is 0.308. The first-order valence-corrected chi connectivity index (χ1v) is 6.00. The number of aromatic nitrogens is 3. The Kier molecular flexibility index (Phi) is 4.59. The topological polar surface area (TPSA) is 66.2 Å². The zero-order chi connectivity index (χ0) is 15.4. The number of carbonyl (C=O) groups is 1. The Morgan fingerprint density at radius 1 is 1.33 bits per heavy atom. The van der Waals surface area contributed by atoms with Gasteiger partial charge in [0, 0.05) is 18.7 Å². The van der Waals surface area contributed by atoms with Gasteiger partial charge in [0.15, 0.2) is 5.69 Å². The van der Waals surface area contributed by atoms with Crippen molar-refractivity contribution in [1.82, 2.24) is 15.0 Å². The van der Waals surface area contributed by atoms with E-state index in [0.29, 0.717) is 5.69 Å². The molecule has 0 fully saturated rings. The normalized spacial score (nSPS) is 10.7. The molecule has 0 aliphatic heterocycles. The molecule has 2 aromatic rings. The minimum absolute atomic E-state index is 0.00173. The van der Waals surface area contributed by atoms with E-state index in [1.54, 1.807) is 0 Å². The third kappa shape index (κ3) is 3.22. The molecule has 1 aromatic heterocycles. The zero-order valence-corrected chi connectivity index (χ0v) is 11.5. The van der Waals surface area contributed by atoms with E-state index in [2.05, 4.69) is 15.0 Å². The number of halogens is 2. The molecule has 21 heavy (non-hydrogen) atoms.